The number of benzene rings is 2. The van der Waals surface area contributed by atoms with E-state index in [-0.39, 0.29) is 16.9 Å². The molecule has 9 heteroatoms. The predicted octanol–water partition coefficient (Wildman–Crippen LogP) is 5.19. The summed E-state index contributed by atoms with van der Waals surface area (Å²) in [5.41, 5.74) is 1.01. The first kappa shape index (κ1) is 23.7. The molecule has 0 atom stereocenters. The molecule has 2 aromatic carbocycles. The Balaban J connectivity index is 1.36. The van der Waals surface area contributed by atoms with Gasteiger partial charge in [0.2, 0.25) is 5.43 Å². The SMILES string of the molecule is COc1ccc2nccc(Oc3ccc(NC(=O)c4cn(C)cc(-c5ccc(F)cc5)c4=O)nc3)c2c1. The molecule has 0 bridgehead atoms. The van der Waals surface area contributed by atoms with Crippen LogP contribution < -0.4 is 20.2 Å². The number of aromatic nitrogens is 3. The number of halogens is 1. The Labute approximate surface area is 211 Å². The van der Waals surface area contributed by atoms with Crippen LogP contribution in [0, 0.1) is 5.82 Å². The smallest absolute Gasteiger partial charge is 0.262 e. The first-order chi connectivity index (χ1) is 17.9. The van der Waals surface area contributed by atoms with Gasteiger partial charge in [-0.25, -0.2) is 9.37 Å². The van der Waals surface area contributed by atoms with Gasteiger partial charge in [0, 0.05) is 36.6 Å². The van der Waals surface area contributed by atoms with Gasteiger partial charge in [0.05, 0.1) is 18.8 Å². The number of pyridine rings is 3. The van der Waals surface area contributed by atoms with Crippen molar-refractivity contribution in [1.82, 2.24) is 14.5 Å². The van der Waals surface area contributed by atoms with Crippen LogP contribution in [-0.4, -0.2) is 27.6 Å². The van der Waals surface area contributed by atoms with E-state index in [1.807, 2.05) is 18.2 Å². The summed E-state index contributed by atoms with van der Waals surface area (Å²) < 4.78 is 26.2. The summed E-state index contributed by atoms with van der Waals surface area (Å²) in [6, 6.07) is 16.0. The quantitative estimate of drug-likeness (QED) is 0.348. The van der Waals surface area contributed by atoms with Gasteiger partial charge in [-0.15, -0.1) is 0 Å². The Bertz CT molecular complexity index is 1670. The summed E-state index contributed by atoms with van der Waals surface area (Å²) >= 11 is 0. The van der Waals surface area contributed by atoms with Gasteiger partial charge in [-0.2, -0.15) is 0 Å². The van der Waals surface area contributed by atoms with Gasteiger partial charge in [-0.05, 0) is 54.1 Å². The lowest BCUT2D eigenvalue weighted by molar-refractivity contribution is 0.102. The maximum Gasteiger partial charge on any atom is 0.262 e. The van der Waals surface area contributed by atoms with Crippen LogP contribution in [0.4, 0.5) is 10.2 Å². The third kappa shape index (κ3) is 5.01. The van der Waals surface area contributed by atoms with E-state index in [1.165, 1.54) is 36.7 Å². The zero-order valence-corrected chi connectivity index (χ0v) is 19.9. The zero-order valence-electron chi connectivity index (χ0n) is 19.9. The van der Waals surface area contributed by atoms with Crippen LogP contribution in [0.15, 0.2) is 90.2 Å². The summed E-state index contributed by atoms with van der Waals surface area (Å²) in [6.45, 7) is 0. The van der Waals surface area contributed by atoms with Crippen molar-refractivity contribution in [2.45, 2.75) is 0 Å². The minimum Gasteiger partial charge on any atom is -0.497 e. The lowest BCUT2D eigenvalue weighted by Crippen LogP contribution is -2.24. The van der Waals surface area contributed by atoms with Crippen LogP contribution in [0.3, 0.4) is 0 Å². The topological polar surface area (TPSA) is 95.3 Å². The maximum atomic E-state index is 13.3. The highest BCUT2D eigenvalue weighted by Crippen LogP contribution is 2.31. The molecule has 3 aromatic heterocycles. The van der Waals surface area contributed by atoms with Crippen LogP contribution >= 0.6 is 0 Å². The molecule has 0 spiro atoms. The van der Waals surface area contributed by atoms with Crippen LogP contribution in [0.1, 0.15) is 10.4 Å². The zero-order chi connectivity index (χ0) is 25.9. The number of aryl methyl sites for hydroxylation is 1. The summed E-state index contributed by atoms with van der Waals surface area (Å²) in [5, 5.41) is 3.42. The second-order valence-electron chi connectivity index (χ2n) is 8.21. The molecule has 3 heterocycles. The van der Waals surface area contributed by atoms with Crippen LogP contribution in [0.2, 0.25) is 0 Å². The Kier molecular flexibility index (Phi) is 6.34. The number of anilines is 1. The van der Waals surface area contributed by atoms with Crippen molar-refractivity contribution in [1.29, 1.82) is 0 Å². The first-order valence-electron chi connectivity index (χ1n) is 11.3. The van der Waals surface area contributed by atoms with Crippen molar-refractivity contribution in [3.05, 3.63) is 107 Å². The number of rotatable bonds is 6. The van der Waals surface area contributed by atoms with Crippen molar-refractivity contribution >= 4 is 22.6 Å². The average molecular weight is 496 g/mol. The van der Waals surface area contributed by atoms with Crippen LogP contribution in [-0.2, 0) is 7.05 Å². The van der Waals surface area contributed by atoms with Gasteiger partial charge in [-0.1, -0.05) is 12.1 Å². The van der Waals surface area contributed by atoms with Crippen molar-refractivity contribution in [3.8, 4) is 28.4 Å². The largest absolute Gasteiger partial charge is 0.497 e. The number of nitrogens with zero attached hydrogens (tertiary/aromatic N) is 3. The number of methoxy groups -OCH3 is 1. The van der Waals surface area contributed by atoms with Crippen molar-refractivity contribution < 1.29 is 18.7 Å². The van der Waals surface area contributed by atoms with E-state index in [2.05, 4.69) is 15.3 Å². The van der Waals surface area contributed by atoms with Gasteiger partial charge < -0.3 is 19.4 Å². The van der Waals surface area contributed by atoms with Crippen molar-refractivity contribution in [2.24, 2.45) is 7.05 Å². The molecule has 1 N–H and O–H groups in total. The molecule has 5 rings (SSSR count). The lowest BCUT2D eigenvalue weighted by atomic mass is 10.0. The Morgan fingerprint density at radius 3 is 2.49 bits per heavy atom. The molecule has 0 unspecified atom stereocenters. The van der Waals surface area contributed by atoms with E-state index in [0.717, 1.165) is 10.9 Å². The van der Waals surface area contributed by atoms with Gasteiger partial charge >= 0.3 is 0 Å². The first-order valence-corrected chi connectivity index (χ1v) is 11.3. The second kappa shape index (κ2) is 9.90. The molecule has 5 aromatic rings. The normalized spacial score (nSPS) is 10.8. The Hall–Kier alpha value is -5.05. The molecule has 0 aliphatic rings. The fourth-order valence-corrected chi connectivity index (χ4v) is 3.85. The highest BCUT2D eigenvalue weighted by atomic mass is 19.1. The Morgan fingerprint density at radius 1 is 0.973 bits per heavy atom. The molecule has 0 fully saturated rings. The van der Waals surface area contributed by atoms with Gasteiger partial charge in [-0.3, -0.25) is 14.6 Å². The van der Waals surface area contributed by atoms with E-state index in [4.69, 9.17) is 9.47 Å². The van der Waals surface area contributed by atoms with E-state index < -0.39 is 17.2 Å². The average Bonchev–Trinajstić information content (AvgIpc) is 2.91. The summed E-state index contributed by atoms with van der Waals surface area (Å²) in [6.07, 6.45) is 6.14. The van der Waals surface area contributed by atoms with E-state index >= 15 is 0 Å². The molecule has 0 saturated carbocycles. The molecule has 37 heavy (non-hydrogen) atoms. The van der Waals surface area contributed by atoms with Gasteiger partial charge in [0.15, 0.2) is 0 Å². The molecule has 1 amide bonds. The second-order valence-corrected chi connectivity index (χ2v) is 8.21. The summed E-state index contributed by atoms with van der Waals surface area (Å²) in [5.74, 6) is 0.915. The van der Waals surface area contributed by atoms with Gasteiger partial charge in [0.25, 0.3) is 5.91 Å². The van der Waals surface area contributed by atoms with Gasteiger partial charge in [0.1, 0.15) is 34.4 Å². The van der Waals surface area contributed by atoms with Crippen LogP contribution in [0.5, 0.6) is 17.2 Å². The van der Waals surface area contributed by atoms with E-state index in [0.29, 0.717) is 22.8 Å². The molecule has 0 aliphatic carbocycles. The fraction of sp³-hybridized carbons (Fsp3) is 0.0714. The number of fused-ring (bicyclic) bond motifs is 1. The molecule has 0 radical (unpaired) electrons. The van der Waals surface area contributed by atoms with E-state index in [1.54, 1.807) is 49.3 Å². The van der Waals surface area contributed by atoms with Crippen molar-refractivity contribution in [2.75, 3.05) is 12.4 Å². The number of nitrogens with one attached hydrogen (secondary N) is 1. The molecule has 8 nitrogen and oxygen atoms in total. The predicted molar refractivity (Wildman–Crippen MR) is 138 cm³/mol. The molecule has 184 valence electrons. The minimum atomic E-state index is -0.613. The number of carbonyl (C=O) groups excluding carboxylic acids is 1. The lowest BCUT2D eigenvalue weighted by Gasteiger charge is -2.11. The monoisotopic (exact) mass is 496 g/mol. The molecule has 0 saturated heterocycles. The number of hydrogen-bond donors (Lipinski definition) is 1. The standard InChI is InChI=1S/C28H21FN4O4/c1-33-15-22(17-3-5-18(29)6-4-17)27(34)23(16-33)28(35)32-26-10-8-20(14-31-26)37-25-11-12-30-24-9-7-19(36-2)13-21(24)25/h3-16H,1-2H3,(H,31,32,35). The molecular weight excluding hydrogens is 475 g/mol. The third-order valence-corrected chi connectivity index (χ3v) is 5.67. The minimum absolute atomic E-state index is 0.0661. The number of carbonyl (C=O) groups is 1. The number of ether oxygens (including phenoxy) is 2. The number of hydrogen-bond acceptors (Lipinski definition) is 6. The Morgan fingerprint density at radius 2 is 1.76 bits per heavy atom. The highest BCUT2D eigenvalue weighted by molar-refractivity contribution is 6.04. The summed E-state index contributed by atoms with van der Waals surface area (Å²) in [4.78, 5) is 34.5. The van der Waals surface area contributed by atoms with Crippen molar-refractivity contribution in [3.63, 3.8) is 0 Å². The van der Waals surface area contributed by atoms with E-state index in [9.17, 15) is 14.0 Å². The highest BCUT2D eigenvalue weighted by Gasteiger charge is 2.16. The summed E-state index contributed by atoms with van der Waals surface area (Å²) in [7, 11) is 3.29. The van der Waals surface area contributed by atoms with Crippen LogP contribution in [0.25, 0.3) is 22.0 Å². The molecule has 0 aliphatic heterocycles. The molecular formula is C28H21FN4O4. The number of amides is 1. The fourth-order valence-electron chi connectivity index (χ4n) is 3.85. The third-order valence-electron chi connectivity index (χ3n) is 5.67. The maximum absolute atomic E-state index is 13.3.